The van der Waals surface area contributed by atoms with E-state index in [-0.39, 0.29) is 5.91 Å². The van der Waals surface area contributed by atoms with Gasteiger partial charge in [-0.3, -0.25) is 4.79 Å². The summed E-state index contributed by atoms with van der Waals surface area (Å²) >= 11 is 7.52. The van der Waals surface area contributed by atoms with E-state index in [1.54, 1.807) is 41.8 Å². The maximum Gasteiger partial charge on any atom is 0.237 e. The van der Waals surface area contributed by atoms with Crippen LogP contribution in [0.3, 0.4) is 0 Å². The molecule has 0 aliphatic heterocycles. The highest BCUT2D eigenvalue weighted by molar-refractivity contribution is 8.00. The van der Waals surface area contributed by atoms with Crippen LogP contribution in [0.1, 0.15) is 12.5 Å². The number of para-hydroxylation sites is 1. The zero-order chi connectivity index (χ0) is 19.4. The Morgan fingerprint density at radius 1 is 1.22 bits per heavy atom. The molecule has 3 rings (SSSR count). The number of aromatic nitrogens is 3. The monoisotopic (exact) mass is 397 g/mol. The largest absolute Gasteiger partial charge is 0.324 e. The summed E-state index contributed by atoms with van der Waals surface area (Å²) in [7, 11) is 1.83. The molecule has 0 fully saturated rings. The highest BCUT2D eigenvalue weighted by Crippen LogP contribution is 2.30. The minimum absolute atomic E-state index is 0.218. The third-order valence-electron chi connectivity index (χ3n) is 3.91. The van der Waals surface area contributed by atoms with E-state index in [1.165, 1.54) is 11.8 Å². The van der Waals surface area contributed by atoms with Crippen molar-refractivity contribution in [2.45, 2.75) is 17.3 Å². The average molecular weight is 398 g/mol. The first-order valence-corrected chi connectivity index (χ1v) is 9.38. The van der Waals surface area contributed by atoms with Crippen LogP contribution in [0.2, 0.25) is 5.02 Å². The van der Waals surface area contributed by atoms with Crippen molar-refractivity contribution in [3.05, 3.63) is 59.1 Å². The number of carbonyl (C=O) groups excluding carboxylic acids is 1. The number of rotatable bonds is 5. The molecular formula is C19H16ClN5OS. The number of halogens is 1. The van der Waals surface area contributed by atoms with E-state index in [4.69, 9.17) is 16.9 Å². The Kier molecular flexibility index (Phi) is 5.79. The minimum Gasteiger partial charge on any atom is -0.324 e. The van der Waals surface area contributed by atoms with Gasteiger partial charge in [-0.1, -0.05) is 47.6 Å². The fourth-order valence-corrected chi connectivity index (χ4v) is 3.47. The molecule has 136 valence electrons. The predicted octanol–water partition coefficient (Wildman–Crippen LogP) is 4.13. The molecule has 8 heteroatoms. The highest BCUT2D eigenvalue weighted by atomic mass is 35.5. The van der Waals surface area contributed by atoms with Crippen molar-refractivity contribution in [3.63, 3.8) is 0 Å². The summed E-state index contributed by atoms with van der Waals surface area (Å²) in [6.07, 6.45) is 0. The molecule has 1 heterocycles. The minimum atomic E-state index is -0.432. The van der Waals surface area contributed by atoms with E-state index in [9.17, 15) is 4.79 Å². The molecule has 0 saturated heterocycles. The molecule has 0 saturated carbocycles. The second kappa shape index (κ2) is 8.25. The van der Waals surface area contributed by atoms with Crippen molar-refractivity contribution < 1.29 is 4.79 Å². The van der Waals surface area contributed by atoms with Crippen LogP contribution in [-0.4, -0.2) is 25.9 Å². The maximum absolute atomic E-state index is 12.5. The summed E-state index contributed by atoms with van der Waals surface area (Å²) in [5.41, 5.74) is 1.69. The van der Waals surface area contributed by atoms with Crippen molar-refractivity contribution in [3.8, 4) is 17.5 Å². The zero-order valence-corrected chi connectivity index (χ0v) is 16.3. The molecule has 6 nitrogen and oxygen atoms in total. The van der Waals surface area contributed by atoms with Crippen LogP contribution < -0.4 is 5.32 Å². The topological polar surface area (TPSA) is 83.6 Å². The number of hydrogen-bond donors (Lipinski definition) is 1. The molecule has 0 aliphatic carbocycles. The number of benzene rings is 2. The molecule has 0 spiro atoms. The molecule has 0 radical (unpaired) electrons. The van der Waals surface area contributed by atoms with E-state index in [2.05, 4.69) is 21.6 Å². The fraction of sp³-hybridized carbons (Fsp3) is 0.158. The van der Waals surface area contributed by atoms with Gasteiger partial charge in [0, 0.05) is 12.6 Å². The standard InChI is InChI=1S/C19H16ClN5OS/c1-12(18(26)22-16-10-6-3-7-13(16)11-21)27-19-24-23-17(25(19)2)14-8-4-5-9-15(14)20/h3-10,12H,1-2H3,(H,22,26)/t12-/m0/s1. The quantitative estimate of drug-likeness (QED) is 0.654. The molecule has 1 aromatic heterocycles. The number of amides is 1. The second-order valence-corrected chi connectivity index (χ2v) is 7.47. The van der Waals surface area contributed by atoms with Crippen LogP contribution in [0, 0.1) is 11.3 Å². The van der Waals surface area contributed by atoms with Gasteiger partial charge in [0.25, 0.3) is 0 Å². The smallest absolute Gasteiger partial charge is 0.237 e. The lowest BCUT2D eigenvalue weighted by molar-refractivity contribution is -0.115. The zero-order valence-electron chi connectivity index (χ0n) is 14.7. The lowest BCUT2D eigenvalue weighted by Crippen LogP contribution is -2.23. The van der Waals surface area contributed by atoms with Gasteiger partial charge in [0.2, 0.25) is 5.91 Å². The predicted molar refractivity (Wildman–Crippen MR) is 107 cm³/mol. The number of nitriles is 1. The van der Waals surface area contributed by atoms with Crippen molar-refractivity contribution in [1.82, 2.24) is 14.8 Å². The number of nitrogens with zero attached hydrogens (tertiary/aromatic N) is 4. The Morgan fingerprint density at radius 3 is 2.67 bits per heavy atom. The molecule has 0 aliphatic rings. The molecule has 2 aromatic carbocycles. The van der Waals surface area contributed by atoms with Crippen LogP contribution in [0.4, 0.5) is 5.69 Å². The van der Waals surface area contributed by atoms with Gasteiger partial charge in [-0.25, -0.2) is 0 Å². The van der Waals surface area contributed by atoms with Gasteiger partial charge in [0.15, 0.2) is 11.0 Å². The summed E-state index contributed by atoms with van der Waals surface area (Å²) in [6, 6.07) is 16.3. The lowest BCUT2D eigenvalue weighted by atomic mass is 10.2. The van der Waals surface area contributed by atoms with Crippen LogP contribution >= 0.6 is 23.4 Å². The Hall–Kier alpha value is -2.82. The normalized spacial score (nSPS) is 11.6. The van der Waals surface area contributed by atoms with Gasteiger partial charge < -0.3 is 9.88 Å². The van der Waals surface area contributed by atoms with Gasteiger partial charge in [-0.2, -0.15) is 5.26 Å². The molecule has 27 heavy (non-hydrogen) atoms. The number of anilines is 1. The Labute approximate surface area is 166 Å². The molecule has 3 aromatic rings. The molecule has 0 unspecified atom stereocenters. The molecular weight excluding hydrogens is 382 g/mol. The van der Waals surface area contributed by atoms with E-state index < -0.39 is 5.25 Å². The van der Waals surface area contributed by atoms with Crippen molar-refractivity contribution in [2.24, 2.45) is 7.05 Å². The van der Waals surface area contributed by atoms with E-state index in [0.717, 1.165) is 5.56 Å². The van der Waals surface area contributed by atoms with Crippen molar-refractivity contribution in [2.75, 3.05) is 5.32 Å². The number of nitrogens with one attached hydrogen (secondary N) is 1. The summed E-state index contributed by atoms with van der Waals surface area (Å²) in [5.74, 6) is 0.413. The van der Waals surface area contributed by atoms with Crippen molar-refractivity contribution >= 4 is 35.0 Å². The summed E-state index contributed by atoms with van der Waals surface area (Å²) in [6.45, 7) is 1.78. The third kappa shape index (κ3) is 4.13. The third-order valence-corrected chi connectivity index (χ3v) is 5.37. The van der Waals surface area contributed by atoms with E-state index in [1.807, 2.05) is 25.2 Å². The van der Waals surface area contributed by atoms with Gasteiger partial charge in [-0.05, 0) is 31.2 Å². The van der Waals surface area contributed by atoms with Crippen LogP contribution in [0.5, 0.6) is 0 Å². The lowest BCUT2D eigenvalue weighted by Gasteiger charge is -2.12. The first-order chi connectivity index (χ1) is 13.0. The summed E-state index contributed by atoms with van der Waals surface area (Å²) in [4.78, 5) is 12.5. The first-order valence-electron chi connectivity index (χ1n) is 8.12. The van der Waals surface area contributed by atoms with Gasteiger partial charge in [0.05, 0.1) is 21.5 Å². The van der Waals surface area contributed by atoms with Crippen LogP contribution in [0.15, 0.2) is 53.7 Å². The highest BCUT2D eigenvalue weighted by Gasteiger charge is 2.20. The number of hydrogen-bond acceptors (Lipinski definition) is 5. The Bertz CT molecular complexity index is 1030. The van der Waals surface area contributed by atoms with Gasteiger partial charge in [-0.15, -0.1) is 10.2 Å². The molecule has 1 atom stereocenters. The fourth-order valence-electron chi connectivity index (χ4n) is 2.43. The van der Waals surface area contributed by atoms with E-state index in [0.29, 0.717) is 27.3 Å². The number of carbonyl (C=O) groups is 1. The van der Waals surface area contributed by atoms with Gasteiger partial charge >= 0.3 is 0 Å². The molecule has 1 N–H and O–H groups in total. The summed E-state index contributed by atoms with van der Waals surface area (Å²) in [5, 5.41) is 21.1. The summed E-state index contributed by atoms with van der Waals surface area (Å²) < 4.78 is 1.80. The number of thioether (sulfide) groups is 1. The second-order valence-electron chi connectivity index (χ2n) is 5.75. The Morgan fingerprint density at radius 2 is 1.93 bits per heavy atom. The van der Waals surface area contributed by atoms with E-state index >= 15 is 0 Å². The Balaban J connectivity index is 1.75. The SMILES string of the molecule is C[C@H](Sc1nnc(-c2ccccc2Cl)n1C)C(=O)Nc1ccccc1C#N. The van der Waals surface area contributed by atoms with Crippen LogP contribution in [-0.2, 0) is 11.8 Å². The van der Waals surface area contributed by atoms with Crippen molar-refractivity contribution in [1.29, 1.82) is 5.26 Å². The van der Waals surface area contributed by atoms with Gasteiger partial charge in [0.1, 0.15) is 6.07 Å². The first kappa shape index (κ1) is 19.0. The molecule has 1 amide bonds. The van der Waals surface area contributed by atoms with Crippen LogP contribution in [0.25, 0.3) is 11.4 Å². The molecule has 0 bridgehead atoms. The average Bonchev–Trinajstić information content (AvgIpc) is 3.03. The maximum atomic E-state index is 12.5.